The average Bonchev–Trinajstić information content (AvgIpc) is 2.66. The molecule has 6 heteroatoms. The number of Topliss-reactive ketones (excluding diaryl/α,β-unsaturated/α-hetero) is 1. The summed E-state index contributed by atoms with van der Waals surface area (Å²) in [7, 11) is 1.52. The van der Waals surface area contributed by atoms with E-state index in [2.05, 4.69) is 5.32 Å². The highest BCUT2D eigenvalue weighted by atomic mass is 16.5. The maximum Gasteiger partial charge on any atom is 0.338 e. The van der Waals surface area contributed by atoms with Gasteiger partial charge in [0.15, 0.2) is 12.4 Å². The van der Waals surface area contributed by atoms with Gasteiger partial charge in [0.25, 0.3) is 0 Å². The van der Waals surface area contributed by atoms with Gasteiger partial charge in [0.05, 0.1) is 12.7 Å². The van der Waals surface area contributed by atoms with Crippen molar-refractivity contribution in [3.63, 3.8) is 0 Å². The lowest BCUT2D eigenvalue weighted by molar-refractivity contribution is -0.116. The van der Waals surface area contributed by atoms with Crippen LogP contribution in [0.25, 0.3) is 0 Å². The number of esters is 1. The van der Waals surface area contributed by atoms with Crippen LogP contribution in [-0.2, 0) is 9.53 Å². The molecule has 2 aromatic rings. The summed E-state index contributed by atoms with van der Waals surface area (Å²) in [5.41, 5.74) is 2.23. The number of ketones is 1. The molecule has 0 fully saturated rings. The van der Waals surface area contributed by atoms with Crippen molar-refractivity contribution in [2.75, 3.05) is 19.0 Å². The van der Waals surface area contributed by atoms with Gasteiger partial charge in [0.1, 0.15) is 5.75 Å². The highest BCUT2D eigenvalue weighted by Crippen LogP contribution is 2.19. The van der Waals surface area contributed by atoms with Gasteiger partial charge in [-0.3, -0.25) is 9.59 Å². The Morgan fingerprint density at radius 2 is 1.64 bits per heavy atom. The summed E-state index contributed by atoms with van der Waals surface area (Å²) in [6.07, 6.45) is 0.431. The predicted octanol–water partition coefficient (Wildman–Crippen LogP) is 4.03. The van der Waals surface area contributed by atoms with Crippen LogP contribution < -0.4 is 10.1 Å². The van der Waals surface area contributed by atoms with E-state index in [9.17, 15) is 14.4 Å². The molecule has 0 radical (unpaired) electrons. The van der Waals surface area contributed by atoms with Crippen molar-refractivity contribution in [3.8, 4) is 5.75 Å². The minimum Gasteiger partial charge on any atom is -0.496 e. The third-order valence-corrected chi connectivity index (χ3v) is 4.06. The molecule has 148 valence electrons. The quantitative estimate of drug-likeness (QED) is 0.550. The van der Waals surface area contributed by atoms with Crippen molar-refractivity contribution in [1.82, 2.24) is 0 Å². The first-order valence-electron chi connectivity index (χ1n) is 9.05. The summed E-state index contributed by atoms with van der Waals surface area (Å²) in [6.45, 7) is 5.44. The number of anilines is 1. The number of nitrogens with one attached hydrogen (secondary N) is 1. The number of hydrogen-bond donors (Lipinski definition) is 1. The van der Waals surface area contributed by atoms with Crippen molar-refractivity contribution in [2.45, 2.75) is 27.2 Å². The van der Waals surface area contributed by atoms with Crippen LogP contribution in [0.5, 0.6) is 5.75 Å². The summed E-state index contributed by atoms with van der Waals surface area (Å²) in [6, 6.07) is 11.4. The van der Waals surface area contributed by atoms with E-state index in [4.69, 9.17) is 9.47 Å². The minimum atomic E-state index is -0.593. The van der Waals surface area contributed by atoms with Gasteiger partial charge in [-0.15, -0.1) is 0 Å². The van der Waals surface area contributed by atoms with Crippen LogP contribution in [0.15, 0.2) is 42.5 Å². The highest BCUT2D eigenvalue weighted by Gasteiger charge is 2.14. The van der Waals surface area contributed by atoms with Crippen molar-refractivity contribution in [1.29, 1.82) is 0 Å². The van der Waals surface area contributed by atoms with E-state index in [1.165, 1.54) is 7.11 Å². The van der Waals surface area contributed by atoms with E-state index in [-0.39, 0.29) is 24.2 Å². The zero-order valence-corrected chi connectivity index (χ0v) is 16.6. The summed E-state index contributed by atoms with van der Waals surface area (Å²) < 4.78 is 10.3. The SMILES string of the molecule is COc1cc(C(=O)OCC(=O)c2ccc(NC(=O)CC(C)C)cc2)ccc1C. The van der Waals surface area contributed by atoms with Crippen LogP contribution >= 0.6 is 0 Å². The van der Waals surface area contributed by atoms with Crippen LogP contribution in [-0.4, -0.2) is 31.4 Å². The summed E-state index contributed by atoms with van der Waals surface area (Å²) in [5, 5.41) is 2.78. The van der Waals surface area contributed by atoms with Crippen LogP contribution in [0.3, 0.4) is 0 Å². The van der Waals surface area contributed by atoms with E-state index in [0.29, 0.717) is 29.0 Å². The number of carbonyl (C=O) groups is 3. The first-order chi connectivity index (χ1) is 13.3. The first-order valence-corrected chi connectivity index (χ1v) is 9.05. The molecule has 0 spiro atoms. The molecule has 0 saturated heterocycles. The van der Waals surface area contributed by atoms with Crippen LogP contribution in [0.2, 0.25) is 0 Å². The largest absolute Gasteiger partial charge is 0.496 e. The normalized spacial score (nSPS) is 10.5. The van der Waals surface area contributed by atoms with Gasteiger partial charge in [-0.25, -0.2) is 4.79 Å². The molecule has 1 amide bonds. The lowest BCUT2D eigenvalue weighted by atomic mass is 10.1. The zero-order valence-electron chi connectivity index (χ0n) is 16.6. The fourth-order valence-electron chi connectivity index (χ4n) is 2.57. The van der Waals surface area contributed by atoms with Crippen molar-refractivity contribution >= 4 is 23.3 Å². The standard InChI is InChI=1S/C22H25NO5/c1-14(2)11-21(25)23-18-9-7-16(8-10-18)19(24)13-28-22(26)17-6-5-15(3)20(12-17)27-4/h5-10,12,14H,11,13H2,1-4H3,(H,23,25). The number of aryl methyl sites for hydroxylation is 1. The van der Waals surface area contributed by atoms with E-state index < -0.39 is 5.97 Å². The summed E-state index contributed by atoms with van der Waals surface area (Å²) in [5.74, 6) is -0.145. The molecule has 2 aromatic carbocycles. The van der Waals surface area contributed by atoms with Crippen molar-refractivity contribution in [3.05, 3.63) is 59.2 Å². The third kappa shape index (κ3) is 5.94. The number of benzene rings is 2. The Kier molecular flexibility index (Phi) is 7.32. The van der Waals surface area contributed by atoms with E-state index in [0.717, 1.165) is 5.56 Å². The van der Waals surface area contributed by atoms with Crippen LogP contribution in [0, 0.1) is 12.8 Å². The van der Waals surface area contributed by atoms with Gasteiger partial charge >= 0.3 is 5.97 Å². The topological polar surface area (TPSA) is 81.7 Å². The number of methoxy groups -OCH3 is 1. The smallest absolute Gasteiger partial charge is 0.338 e. The third-order valence-electron chi connectivity index (χ3n) is 4.06. The van der Waals surface area contributed by atoms with Crippen LogP contribution in [0.1, 0.15) is 46.5 Å². The monoisotopic (exact) mass is 383 g/mol. The molecule has 6 nitrogen and oxygen atoms in total. The molecule has 0 aliphatic rings. The molecule has 2 rings (SSSR count). The number of carbonyl (C=O) groups excluding carboxylic acids is 3. The summed E-state index contributed by atoms with van der Waals surface area (Å²) >= 11 is 0. The maximum absolute atomic E-state index is 12.2. The number of hydrogen-bond acceptors (Lipinski definition) is 5. The molecule has 0 unspecified atom stereocenters. The fourth-order valence-corrected chi connectivity index (χ4v) is 2.57. The van der Waals surface area contributed by atoms with Gasteiger partial charge in [0.2, 0.25) is 5.91 Å². The average molecular weight is 383 g/mol. The molecule has 0 atom stereocenters. The number of ether oxygens (including phenoxy) is 2. The second kappa shape index (κ2) is 9.69. The molecule has 0 aliphatic heterocycles. The second-order valence-corrected chi connectivity index (χ2v) is 6.91. The van der Waals surface area contributed by atoms with E-state index >= 15 is 0 Å². The number of amides is 1. The van der Waals surface area contributed by atoms with Gasteiger partial charge in [-0.1, -0.05) is 19.9 Å². The molecule has 0 heterocycles. The predicted molar refractivity (Wildman–Crippen MR) is 107 cm³/mol. The maximum atomic E-state index is 12.2. The minimum absolute atomic E-state index is 0.0727. The first kappa shape index (κ1) is 21.2. The molecular formula is C22H25NO5. The lowest BCUT2D eigenvalue weighted by Gasteiger charge is -2.09. The Bertz CT molecular complexity index is 856. The lowest BCUT2D eigenvalue weighted by Crippen LogP contribution is -2.15. The Labute approximate surface area is 164 Å². The second-order valence-electron chi connectivity index (χ2n) is 6.91. The highest BCUT2D eigenvalue weighted by molar-refractivity contribution is 6.00. The Hall–Kier alpha value is -3.15. The van der Waals surface area contributed by atoms with Crippen molar-refractivity contribution in [2.24, 2.45) is 5.92 Å². The van der Waals surface area contributed by atoms with E-state index in [1.807, 2.05) is 20.8 Å². The van der Waals surface area contributed by atoms with Crippen molar-refractivity contribution < 1.29 is 23.9 Å². The molecule has 0 bridgehead atoms. The molecular weight excluding hydrogens is 358 g/mol. The Balaban J connectivity index is 1.92. The number of rotatable bonds is 8. The molecule has 28 heavy (non-hydrogen) atoms. The molecule has 0 aromatic heterocycles. The molecule has 0 saturated carbocycles. The van der Waals surface area contributed by atoms with Gasteiger partial charge in [0, 0.05) is 17.7 Å². The van der Waals surface area contributed by atoms with Gasteiger partial charge in [-0.2, -0.15) is 0 Å². The van der Waals surface area contributed by atoms with Gasteiger partial charge < -0.3 is 14.8 Å². The Morgan fingerprint density at radius 3 is 2.25 bits per heavy atom. The molecule has 0 aliphatic carbocycles. The fraction of sp³-hybridized carbons (Fsp3) is 0.318. The van der Waals surface area contributed by atoms with E-state index in [1.54, 1.807) is 42.5 Å². The van der Waals surface area contributed by atoms with Gasteiger partial charge in [-0.05, 0) is 54.8 Å². The zero-order chi connectivity index (χ0) is 20.7. The molecule has 1 N–H and O–H groups in total. The Morgan fingerprint density at radius 1 is 1.00 bits per heavy atom. The summed E-state index contributed by atoms with van der Waals surface area (Å²) in [4.78, 5) is 36.2. The van der Waals surface area contributed by atoms with Crippen LogP contribution in [0.4, 0.5) is 5.69 Å².